The molecule has 0 atom stereocenters. The minimum atomic E-state index is 0.535. The summed E-state index contributed by atoms with van der Waals surface area (Å²) in [6, 6.07) is 1.85. The van der Waals surface area contributed by atoms with Gasteiger partial charge in [0.1, 0.15) is 5.76 Å². The lowest BCUT2D eigenvalue weighted by Crippen LogP contribution is -1.75. The monoisotopic (exact) mass is 234 g/mol. The number of halogens is 2. The standard InChI is InChI=1S/C8H8BrClO/c1-6(5-10)4-8-7(9)2-3-11-8/h2-4H,5H2,1H3/b6-4-. The summed E-state index contributed by atoms with van der Waals surface area (Å²) in [6.07, 6.45) is 3.55. The number of furan rings is 1. The maximum absolute atomic E-state index is 5.60. The highest BCUT2D eigenvalue weighted by Crippen LogP contribution is 2.20. The maximum atomic E-state index is 5.60. The molecule has 60 valence electrons. The van der Waals surface area contributed by atoms with E-state index in [2.05, 4.69) is 15.9 Å². The minimum absolute atomic E-state index is 0.535. The third-order valence-corrected chi connectivity index (χ3v) is 2.31. The van der Waals surface area contributed by atoms with E-state index in [1.165, 1.54) is 0 Å². The molecule has 0 bridgehead atoms. The molecule has 1 aromatic heterocycles. The third kappa shape index (κ3) is 2.38. The number of hydrogen-bond donors (Lipinski definition) is 0. The predicted octanol–water partition coefficient (Wildman–Crippen LogP) is 3.68. The number of alkyl halides is 1. The number of rotatable bonds is 2. The van der Waals surface area contributed by atoms with Crippen molar-refractivity contribution in [1.29, 1.82) is 0 Å². The van der Waals surface area contributed by atoms with E-state index in [1.807, 2.05) is 19.1 Å². The van der Waals surface area contributed by atoms with Gasteiger partial charge in [-0.15, -0.1) is 11.6 Å². The summed E-state index contributed by atoms with van der Waals surface area (Å²) in [4.78, 5) is 0. The first-order valence-electron chi connectivity index (χ1n) is 3.20. The molecule has 0 fully saturated rings. The molecule has 0 aliphatic heterocycles. The average molecular weight is 236 g/mol. The van der Waals surface area contributed by atoms with Gasteiger partial charge in [-0.2, -0.15) is 0 Å². The van der Waals surface area contributed by atoms with Crippen LogP contribution in [0.1, 0.15) is 12.7 Å². The molecule has 0 radical (unpaired) electrons. The average Bonchev–Trinajstić information content (AvgIpc) is 2.37. The summed E-state index contributed by atoms with van der Waals surface area (Å²) in [7, 11) is 0. The second kappa shape index (κ2) is 3.98. The molecule has 1 heterocycles. The van der Waals surface area contributed by atoms with E-state index in [0.29, 0.717) is 5.88 Å². The topological polar surface area (TPSA) is 13.1 Å². The zero-order valence-corrected chi connectivity index (χ0v) is 8.45. The van der Waals surface area contributed by atoms with Crippen LogP contribution in [0.4, 0.5) is 0 Å². The van der Waals surface area contributed by atoms with Crippen LogP contribution in [0.15, 0.2) is 26.8 Å². The van der Waals surface area contributed by atoms with Gasteiger partial charge in [0.2, 0.25) is 0 Å². The second-order valence-electron chi connectivity index (χ2n) is 2.26. The van der Waals surface area contributed by atoms with E-state index < -0.39 is 0 Å². The molecule has 0 aromatic carbocycles. The summed E-state index contributed by atoms with van der Waals surface area (Å²) < 4.78 is 6.12. The van der Waals surface area contributed by atoms with Crippen molar-refractivity contribution in [3.8, 4) is 0 Å². The van der Waals surface area contributed by atoms with Gasteiger partial charge in [0, 0.05) is 5.88 Å². The van der Waals surface area contributed by atoms with Crippen LogP contribution in [0.2, 0.25) is 0 Å². The molecule has 0 saturated carbocycles. The first-order valence-corrected chi connectivity index (χ1v) is 4.53. The van der Waals surface area contributed by atoms with Gasteiger partial charge in [0.15, 0.2) is 0 Å². The molecule has 0 amide bonds. The Bertz CT molecular complexity index is 265. The van der Waals surface area contributed by atoms with E-state index in [9.17, 15) is 0 Å². The molecular formula is C8H8BrClO. The molecule has 1 rings (SSSR count). The molecule has 0 saturated heterocycles. The Balaban J connectivity index is 2.86. The second-order valence-corrected chi connectivity index (χ2v) is 3.38. The summed E-state index contributed by atoms with van der Waals surface area (Å²) in [5, 5.41) is 0. The Hall–Kier alpha value is -0.210. The number of allylic oxidation sites excluding steroid dienone is 1. The highest BCUT2D eigenvalue weighted by Gasteiger charge is 1.98. The highest BCUT2D eigenvalue weighted by molar-refractivity contribution is 9.10. The Morgan fingerprint density at radius 3 is 3.00 bits per heavy atom. The van der Waals surface area contributed by atoms with Crippen LogP contribution in [-0.4, -0.2) is 5.88 Å². The molecule has 1 aromatic rings. The van der Waals surface area contributed by atoms with Crippen molar-refractivity contribution in [3.05, 3.63) is 28.1 Å². The van der Waals surface area contributed by atoms with Crippen molar-refractivity contribution >= 4 is 33.6 Å². The molecule has 0 aliphatic rings. The first-order chi connectivity index (χ1) is 5.24. The van der Waals surface area contributed by atoms with Crippen molar-refractivity contribution in [2.75, 3.05) is 5.88 Å². The fraction of sp³-hybridized carbons (Fsp3) is 0.250. The zero-order chi connectivity index (χ0) is 8.27. The molecule has 0 aliphatic carbocycles. The third-order valence-electron chi connectivity index (χ3n) is 1.23. The summed E-state index contributed by atoms with van der Waals surface area (Å²) in [5.74, 6) is 1.36. The smallest absolute Gasteiger partial charge is 0.140 e. The molecule has 1 nitrogen and oxygen atoms in total. The minimum Gasteiger partial charge on any atom is -0.464 e. The lowest BCUT2D eigenvalue weighted by atomic mass is 10.3. The predicted molar refractivity (Wildman–Crippen MR) is 50.8 cm³/mol. The van der Waals surface area contributed by atoms with Crippen LogP contribution in [0.3, 0.4) is 0 Å². The normalized spacial score (nSPS) is 12.1. The van der Waals surface area contributed by atoms with Gasteiger partial charge in [-0.1, -0.05) is 5.57 Å². The van der Waals surface area contributed by atoms with E-state index in [0.717, 1.165) is 15.8 Å². The maximum Gasteiger partial charge on any atom is 0.140 e. The van der Waals surface area contributed by atoms with Crippen molar-refractivity contribution in [2.45, 2.75) is 6.92 Å². The van der Waals surface area contributed by atoms with Gasteiger partial charge in [-0.3, -0.25) is 0 Å². The van der Waals surface area contributed by atoms with Gasteiger partial charge >= 0.3 is 0 Å². The van der Waals surface area contributed by atoms with Crippen LogP contribution >= 0.6 is 27.5 Å². The lowest BCUT2D eigenvalue weighted by Gasteiger charge is -1.91. The molecule has 0 spiro atoms. The van der Waals surface area contributed by atoms with E-state index >= 15 is 0 Å². The van der Waals surface area contributed by atoms with Crippen LogP contribution in [0.5, 0.6) is 0 Å². The molecular weight excluding hydrogens is 227 g/mol. The fourth-order valence-electron chi connectivity index (χ4n) is 0.671. The first kappa shape index (κ1) is 8.88. The van der Waals surface area contributed by atoms with Crippen molar-refractivity contribution in [3.63, 3.8) is 0 Å². The van der Waals surface area contributed by atoms with Crippen molar-refractivity contribution < 1.29 is 4.42 Å². The number of hydrogen-bond acceptors (Lipinski definition) is 1. The quantitative estimate of drug-likeness (QED) is 0.713. The molecule has 3 heteroatoms. The Morgan fingerprint density at radius 1 is 1.82 bits per heavy atom. The largest absolute Gasteiger partial charge is 0.464 e. The van der Waals surface area contributed by atoms with E-state index in [1.54, 1.807) is 6.26 Å². The van der Waals surface area contributed by atoms with Crippen molar-refractivity contribution in [1.82, 2.24) is 0 Å². The van der Waals surface area contributed by atoms with Crippen molar-refractivity contribution in [2.24, 2.45) is 0 Å². The van der Waals surface area contributed by atoms with Gasteiger partial charge in [-0.05, 0) is 35.0 Å². The van der Waals surface area contributed by atoms with E-state index in [-0.39, 0.29) is 0 Å². The van der Waals surface area contributed by atoms with E-state index in [4.69, 9.17) is 16.0 Å². The Labute approximate surface area is 79.2 Å². The molecule has 11 heavy (non-hydrogen) atoms. The van der Waals surface area contributed by atoms with Gasteiger partial charge in [0.25, 0.3) is 0 Å². The van der Waals surface area contributed by atoms with Crippen LogP contribution in [-0.2, 0) is 0 Å². The van der Waals surface area contributed by atoms with Gasteiger partial charge in [0.05, 0.1) is 10.7 Å². The fourth-order valence-corrected chi connectivity index (χ4v) is 1.06. The summed E-state index contributed by atoms with van der Waals surface area (Å²) in [6.45, 7) is 1.96. The highest BCUT2D eigenvalue weighted by atomic mass is 79.9. The zero-order valence-electron chi connectivity index (χ0n) is 6.10. The van der Waals surface area contributed by atoms with Gasteiger partial charge < -0.3 is 4.42 Å². The molecule has 0 N–H and O–H groups in total. The van der Waals surface area contributed by atoms with Gasteiger partial charge in [-0.25, -0.2) is 0 Å². The SMILES string of the molecule is C/C(=C/c1occc1Br)CCl. The van der Waals surface area contributed by atoms with Crippen LogP contribution in [0.25, 0.3) is 6.08 Å². The Morgan fingerprint density at radius 2 is 2.55 bits per heavy atom. The van der Waals surface area contributed by atoms with Crippen LogP contribution in [0, 0.1) is 0 Å². The lowest BCUT2D eigenvalue weighted by molar-refractivity contribution is 0.555. The summed E-state index contributed by atoms with van der Waals surface area (Å²) in [5.41, 5.74) is 1.09. The molecule has 0 unspecified atom stereocenters. The Kier molecular flexibility index (Phi) is 3.21. The van der Waals surface area contributed by atoms with Crippen LogP contribution < -0.4 is 0 Å². The summed E-state index contributed by atoms with van der Waals surface area (Å²) >= 11 is 8.94.